The van der Waals surface area contributed by atoms with Gasteiger partial charge in [0.15, 0.2) is 12.4 Å². The van der Waals surface area contributed by atoms with E-state index in [2.05, 4.69) is 24.5 Å². The first-order valence-electron chi connectivity index (χ1n) is 11.8. The van der Waals surface area contributed by atoms with Crippen molar-refractivity contribution >= 4 is 27.4 Å². The van der Waals surface area contributed by atoms with Gasteiger partial charge in [-0.1, -0.05) is 49.7 Å². The lowest BCUT2D eigenvalue weighted by Gasteiger charge is -2.34. The number of aromatic nitrogens is 2. The van der Waals surface area contributed by atoms with Crippen molar-refractivity contribution in [3.63, 3.8) is 0 Å². The van der Waals surface area contributed by atoms with Crippen LogP contribution in [0.15, 0.2) is 45.9 Å². The third kappa shape index (κ3) is 6.41. The number of anilines is 1. The summed E-state index contributed by atoms with van der Waals surface area (Å²) < 4.78 is 75.7. The summed E-state index contributed by atoms with van der Waals surface area (Å²) in [4.78, 5) is 6.20. The van der Waals surface area contributed by atoms with Crippen LogP contribution < -0.4 is 9.46 Å². The molecular weight excluding hydrogens is 545 g/mol. The highest BCUT2D eigenvalue weighted by atomic mass is 35.5. The molecule has 1 atom stereocenters. The van der Waals surface area contributed by atoms with E-state index in [-0.39, 0.29) is 27.7 Å². The predicted octanol–water partition coefficient (Wildman–Crippen LogP) is 5.88. The van der Waals surface area contributed by atoms with E-state index in [0.29, 0.717) is 18.7 Å². The van der Waals surface area contributed by atoms with Gasteiger partial charge < -0.3 is 9.26 Å². The molecule has 1 aliphatic heterocycles. The van der Waals surface area contributed by atoms with E-state index in [1.807, 2.05) is 27.7 Å². The van der Waals surface area contributed by atoms with Gasteiger partial charge in [-0.15, -0.1) is 0 Å². The number of nitrogens with zero attached hydrogens (tertiary/aromatic N) is 3. The molecule has 0 fully saturated rings. The minimum absolute atomic E-state index is 0.0648. The first-order chi connectivity index (χ1) is 17.6. The Balaban J connectivity index is 1.48. The van der Waals surface area contributed by atoms with Crippen LogP contribution >= 0.6 is 11.6 Å². The van der Waals surface area contributed by atoms with Gasteiger partial charge in [0.2, 0.25) is 11.7 Å². The van der Waals surface area contributed by atoms with Crippen molar-refractivity contribution in [1.82, 2.24) is 15.0 Å². The molecule has 0 bridgehead atoms. The zero-order valence-corrected chi connectivity index (χ0v) is 22.8. The second kappa shape index (κ2) is 10.4. The molecule has 2 aromatic heterocycles. The van der Waals surface area contributed by atoms with Gasteiger partial charge in [-0.25, -0.2) is 13.4 Å². The van der Waals surface area contributed by atoms with Crippen LogP contribution in [0, 0.1) is 0 Å². The summed E-state index contributed by atoms with van der Waals surface area (Å²) in [5, 5.41) is 3.92. The van der Waals surface area contributed by atoms with Crippen LogP contribution in [0.3, 0.4) is 0 Å². The Bertz CT molecular complexity index is 1400. The molecule has 206 valence electrons. The van der Waals surface area contributed by atoms with Gasteiger partial charge in [-0.2, -0.15) is 13.2 Å². The van der Waals surface area contributed by atoms with Crippen LogP contribution in [-0.2, 0) is 28.4 Å². The van der Waals surface area contributed by atoms with E-state index in [1.165, 1.54) is 12.3 Å². The minimum Gasteiger partial charge on any atom is -0.468 e. The number of nitrogens with one attached hydrogen (secondary N) is 1. The highest BCUT2D eigenvalue weighted by Gasteiger charge is 2.30. The summed E-state index contributed by atoms with van der Waals surface area (Å²) in [7, 11) is -3.99. The molecule has 1 aromatic carbocycles. The number of benzene rings is 1. The maximum atomic E-state index is 13.1. The standard InChI is InChI=1S/C25H28ClF3N4O4S/c1-15(17-6-8-20(30-12-17)36-14-25(27,28)29)33-10-9-16-5-7-19(11-18(16)13-33)38(34,35)32-23-21(26)22(37-31-23)24(2,3)4/h5-8,11-12,15H,9-10,13-14H2,1-4H3,(H,31,32). The molecule has 0 saturated carbocycles. The molecule has 0 spiro atoms. The average Bonchev–Trinajstić information content (AvgIpc) is 3.21. The lowest BCUT2D eigenvalue weighted by atomic mass is 9.93. The van der Waals surface area contributed by atoms with E-state index in [4.69, 9.17) is 16.1 Å². The second-order valence-electron chi connectivity index (χ2n) is 10.2. The molecule has 13 heteroatoms. The number of pyridine rings is 1. The molecule has 3 aromatic rings. The smallest absolute Gasteiger partial charge is 0.422 e. The molecule has 38 heavy (non-hydrogen) atoms. The highest BCUT2D eigenvalue weighted by molar-refractivity contribution is 7.92. The van der Waals surface area contributed by atoms with Crippen molar-refractivity contribution in [1.29, 1.82) is 0 Å². The van der Waals surface area contributed by atoms with Crippen molar-refractivity contribution in [2.75, 3.05) is 17.9 Å². The number of ether oxygens (including phenoxy) is 1. The van der Waals surface area contributed by atoms with E-state index in [1.54, 1.807) is 24.3 Å². The van der Waals surface area contributed by atoms with Crippen LogP contribution in [-0.4, -0.2) is 42.8 Å². The quantitative estimate of drug-likeness (QED) is 0.377. The van der Waals surface area contributed by atoms with E-state index >= 15 is 0 Å². The highest BCUT2D eigenvalue weighted by Crippen LogP contribution is 2.36. The second-order valence-corrected chi connectivity index (χ2v) is 12.3. The Labute approximate surface area is 224 Å². The third-order valence-corrected chi connectivity index (χ3v) is 7.94. The number of hydrogen-bond acceptors (Lipinski definition) is 7. The van der Waals surface area contributed by atoms with Crippen molar-refractivity contribution < 1.29 is 30.8 Å². The fourth-order valence-corrected chi connectivity index (χ4v) is 5.65. The van der Waals surface area contributed by atoms with E-state index in [0.717, 1.165) is 23.2 Å². The fraction of sp³-hybridized carbons (Fsp3) is 0.440. The van der Waals surface area contributed by atoms with Crippen molar-refractivity contribution in [3.8, 4) is 5.88 Å². The van der Waals surface area contributed by atoms with Crippen molar-refractivity contribution in [2.24, 2.45) is 0 Å². The normalized spacial score (nSPS) is 15.7. The van der Waals surface area contributed by atoms with Gasteiger partial charge in [-0.05, 0) is 42.2 Å². The average molecular weight is 573 g/mol. The molecule has 8 nitrogen and oxygen atoms in total. The molecule has 0 amide bonds. The van der Waals surface area contributed by atoms with E-state index in [9.17, 15) is 21.6 Å². The summed E-state index contributed by atoms with van der Waals surface area (Å²) in [6.07, 6.45) is -2.24. The zero-order chi connectivity index (χ0) is 27.9. The van der Waals surface area contributed by atoms with Gasteiger partial charge in [-0.3, -0.25) is 9.62 Å². The Morgan fingerprint density at radius 1 is 1.18 bits per heavy atom. The van der Waals surface area contributed by atoms with Gasteiger partial charge in [0.1, 0.15) is 5.02 Å². The third-order valence-electron chi connectivity index (χ3n) is 6.25. The lowest BCUT2D eigenvalue weighted by Crippen LogP contribution is -2.33. The number of alkyl halides is 3. The summed E-state index contributed by atoms with van der Waals surface area (Å²) >= 11 is 6.32. The van der Waals surface area contributed by atoms with Crippen LogP contribution in [0.4, 0.5) is 19.0 Å². The zero-order valence-electron chi connectivity index (χ0n) is 21.3. The van der Waals surface area contributed by atoms with Gasteiger partial charge in [0, 0.05) is 36.8 Å². The van der Waals surface area contributed by atoms with E-state index < -0.39 is 28.2 Å². The number of rotatable bonds is 7. The first kappa shape index (κ1) is 28.2. The molecule has 0 aliphatic carbocycles. The monoisotopic (exact) mass is 572 g/mol. The van der Waals surface area contributed by atoms with Crippen LogP contribution in [0.1, 0.15) is 56.2 Å². The molecule has 1 N–H and O–H groups in total. The summed E-state index contributed by atoms with van der Waals surface area (Å²) in [5.74, 6) is 0.201. The molecule has 1 aliphatic rings. The molecule has 1 unspecified atom stereocenters. The Hall–Kier alpha value is -2.83. The number of fused-ring (bicyclic) bond motifs is 1. The van der Waals surface area contributed by atoms with Crippen molar-refractivity contribution in [2.45, 2.75) is 63.2 Å². The maximum absolute atomic E-state index is 13.1. The molecule has 0 radical (unpaired) electrons. The molecule has 0 saturated heterocycles. The summed E-state index contributed by atoms with van der Waals surface area (Å²) in [6, 6.07) is 7.94. The predicted molar refractivity (Wildman–Crippen MR) is 136 cm³/mol. The summed E-state index contributed by atoms with van der Waals surface area (Å²) in [6.45, 7) is 7.37. The topological polar surface area (TPSA) is 97.6 Å². The Morgan fingerprint density at radius 3 is 2.53 bits per heavy atom. The first-order valence-corrected chi connectivity index (χ1v) is 13.7. The SMILES string of the molecule is CC(c1ccc(OCC(F)(F)F)nc1)N1CCc2ccc(S(=O)(=O)Nc3noc(C(C)(C)C)c3Cl)cc2C1. The number of sulfonamides is 1. The van der Waals surface area contributed by atoms with Gasteiger partial charge in [0.05, 0.1) is 4.90 Å². The maximum Gasteiger partial charge on any atom is 0.422 e. The molecule has 3 heterocycles. The largest absolute Gasteiger partial charge is 0.468 e. The summed E-state index contributed by atoms with van der Waals surface area (Å²) in [5.41, 5.74) is 2.24. The Kier molecular flexibility index (Phi) is 7.70. The van der Waals surface area contributed by atoms with Crippen molar-refractivity contribution in [3.05, 3.63) is 64.0 Å². The fourth-order valence-electron chi connectivity index (χ4n) is 4.14. The van der Waals surface area contributed by atoms with Crippen LogP contribution in [0.5, 0.6) is 5.88 Å². The van der Waals surface area contributed by atoms with Crippen LogP contribution in [0.2, 0.25) is 5.02 Å². The lowest BCUT2D eigenvalue weighted by molar-refractivity contribution is -0.154. The number of hydrogen-bond donors (Lipinski definition) is 1. The Morgan fingerprint density at radius 2 is 1.92 bits per heavy atom. The molecule has 4 rings (SSSR count). The molecular formula is C25H28ClF3N4O4S. The van der Waals surface area contributed by atoms with Gasteiger partial charge >= 0.3 is 6.18 Å². The minimum atomic E-state index is -4.44. The van der Waals surface area contributed by atoms with Gasteiger partial charge in [0.25, 0.3) is 10.0 Å². The van der Waals surface area contributed by atoms with Crippen LogP contribution in [0.25, 0.3) is 0 Å². The number of halogens is 4.